The molecule has 4 nitrogen and oxygen atoms in total. The molecule has 0 radical (unpaired) electrons. The van der Waals surface area contributed by atoms with Gasteiger partial charge in [0.1, 0.15) is 5.82 Å². The van der Waals surface area contributed by atoms with Crippen molar-refractivity contribution in [2.75, 3.05) is 0 Å². The zero-order valence-electron chi connectivity index (χ0n) is 28.1. The van der Waals surface area contributed by atoms with Gasteiger partial charge in [-0.15, -0.1) is 0 Å². The van der Waals surface area contributed by atoms with Crippen LogP contribution in [-0.4, -0.2) is 19.0 Å². The summed E-state index contributed by atoms with van der Waals surface area (Å²) in [6, 6.07) is 42.9. The molecule has 11 rings (SSSR count). The van der Waals surface area contributed by atoms with Crippen LogP contribution in [0.3, 0.4) is 0 Å². The molecule has 0 spiro atoms. The summed E-state index contributed by atoms with van der Waals surface area (Å²) in [4.78, 5) is 8.37. The molecule has 0 N–H and O–H groups in total. The smallest absolute Gasteiger partial charge is 0.147 e. The number of hydrogen-bond donors (Lipinski definition) is 0. The molecule has 0 fully saturated rings. The normalized spacial score (nSPS) is 16.7. The molecule has 0 saturated heterocycles. The monoisotopic (exact) mass is 644 g/mol. The molecule has 50 heavy (non-hydrogen) atoms. The third-order valence-corrected chi connectivity index (χ3v) is 11.6. The minimum absolute atomic E-state index is 0.251. The van der Waals surface area contributed by atoms with E-state index < -0.39 is 0 Å². The van der Waals surface area contributed by atoms with Crippen LogP contribution in [-0.2, 0) is 13.1 Å². The summed E-state index contributed by atoms with van der Waals surface area (Å²) in [5.74, 6) is 1.01. The number of aryl methyl sites for hydroxylation is 1. The van der Waals surface area contributed by atoms with Gasteiger partial charge in [0.2, 0.25) is 0 Å². The van der Waals surface area contributed by atoms with Crippen molar-refractivity contribution < 1.29 is 0 Å². The summed E-state index contributed by atoms with van der Waals surface area (Å²) in [7, 11) is 0. The number of benzene rings is 6. The Morgan fingerprint density at radius 3 is 2.38 bits per heavy atom. The zero-order valence-corrected chi connectivity index (χ0v) is 28.1. The van der Waals surface area contributed by atoms with Crippen molar-refractivity contribution in [3.8, 4) is 16.8 Å². The number of imidazole rings is 1. The van der Waals surface area contributed by atoms with E-state index in [4.69, 9.17) is 4.98 Å². The first-order valence-corrected chi connectivity index (χ1v) is 18.0. The number of para-hydroxylation sites is 2. The van der Waals surface area contributed by atoms with E-state index in [1.54, 1.807) is 0 Å². The summed E-state index contributed by atoms with van der Waals surface area (Å²) in [5, 5.41) is 6.45. The molecule has 1 atom stereocenters. The molecule has 4 heteroatoms. The van der Waals surface area contributed by atoms with E-state index in [0.29, 0.717) is 0 Å². The van der Waals surface area contributed by atoms with Gasteiger partial charge in [0.25, 0.3) is 0 Å². The standard InChI is InChI=1S/C46H36N4/c1-29-38-27-31-14-3-5-17-33(31)43(29)41-23-8-9-26-48(41)28-49-39-22-7-6-18-34(39)36-20-11-21-37(45(36)49)46-47-44-35(38)19-12-25-42(44)50(46)40-24-10-15-30-13-2-4-16-32(30)40/h2-7,9-10,12-19,21-22,24-27,41H,8,11,20,23,28H2,1H3. The van der Waals surface area contributed by atoms with E-state index in [1.807, 2.05) is 0 Å². The summed E-state index contributed by atoms with van der Waals surface area (Å²) < 4.78 is 5.06. The molecule has 3 aliphatic rings. The first kappa shape index (κ1) is 28.0. The Bertz CT molecular complexity index is 2770. The van der Waals surface area contributed by atoms with Crippen LogP contribution in [0.2, 0.25) is 0 Å². The lowest BCUT2D eigenvalue weighted by Crippen LogP contribution is -2.30. The summed E-state index contributed by atoms with van der Waals surface area (Å²) in [5.41, 5.74) is 13.9. The topological polar surface area (TPSA) is 26.0 Å². The van der Waals surface area contributed by atoms with Crippen molar-refractivity contribution in [2.24, 2.45) is 0 Å². The van der Waals surface area contributed by atoms with E-state index in [1.165, 1.54) is 71.5 Å². The molecule has 6 aromatic carbocycles. The van der Waals surface area contributed by atoms with Gasteiger partial charge in [-0.3, -0.25) is 4.57 Å². The molecule has 2 aromatic heterocycles. The van der Waals surface area contributed by atoms with Gasteiger partial charge >= 0.3 is 0 Å². The lowest BCUT2D eigenvalue weighted by Gasteiger charge is -2.37. The zero-order chi connectivity index (χ0) is 32.9. The van der Waals surface area contributed by atoms with Crippen molar-refractivity contribution in [1.29, 1.82) is 0 Å². The second kappa shape index (κ2) is 10.6. The summed E-state index contributed by atoms with van der Waals surface area (Å²) in [6.07, 6.45) is 11.4. The van der Waals surface area contributed by atoms with Crippen LogP contribution < -0.4 is 0 Å². The van der Waals surface area contributed by atoms with E-state index >= 15 is 0 Å². The Hall–Kier alpha value is -5.87. The van der Waals surface area contributed by atoms with Gasteiger partial charge in [-0.25, -0.2) is 4.98 Å². The van der Waals surface area contributed by atoms with Gasteiger partial charge < -0.3 is 9.47 Å². The highest BCUT2D eigenvalue weighted by Crippen LogP contribution is 2.46. The molecule has 0 saturated carbocycles. The maximum Gasteiger partial charge on any atom is 0.147 e. The Kier molecular flexibility index (Phi) is 5.92. The van der Waals surface area contributed by atoms with Gasteiger partial charge in [-0.2, -0.15) is 0 Å². The number of aromatic nitrogens is 3. The molecule has 240 valence electrons. The second-order valence-electron chi connectivity index (χ2n) is 14.2. The van der Waals surface area contributed by atoms with Crippen molar-refractivity contribution in [2.45, 2.75) is 45.3 Å². The lowest BCUT2D eigenvalue weighted by atomic mass is 9.85. The molecule has 0 amide bonds. The average molecular weight is 645 g/mol. The number of hydrogen-bond acceptors (Lipinski definition) is 2. The van der Waals surface area contributed by atoms with E-state index in [2.05, 4.69) is 155 Å². The third-order valence-electron chi connectivity index (χ3n) is 11.6. The fraction of sp³-hybridized carbons (Fsp3) is 0.152. The minimum Gasteiger partial charge on any atom is -0.353 e. The maximum absolute atomic E-state index is 5.76. The van der Waals surface area contributed by atoms with Gasteiger partial charge in [0.15, 0.2) is 0 Å². The van der Waals surface area contributed by atoms with Crippen molar-refractivity contribution >= 4 is 49.1 Å². The molecule has 1 unspecified atom stereocenters. The first-order valence-electron chi connectivity index (χ1n) is 18.0. The Morgan fingerprint density at radius 2 is 1.46 bits per heavy atom. The van der Waals surface area contributed by atoms with E-state index in [9.17, 15) is 0 Å². The van der Waals surface area contributed by atoms with Crippen LogP contribution in [0.1, 0.15) is 53.5 Å². The van der Waals surface area contributed by atoms with E-state index in [0.717, 1.165) is 54.9 Å². The largest absolute Gasteiger partial charge is 0.353 e. The Balaban J connectivity index is 1.34. The Morgan fingerprint density at radius 1 is 0.700 bits per heavy atom. The van der Waals surface area contributed by atoms with Crippen LogP contribution in [0.4, 0.5) is 0 Å². The quantitative estimate of drug-likeness (QED) is 0.178. The van der Waals surface area contributed by atoms with Crippen molar-refractivity contribution in [1.82, 2.24) is 19.0 Å². The summed E-state index contributed by atoms with van der Waals surface area (Å²) in [6.45, 7) is 3.12. The number of rotatable bonds is 1. The number of allylic oxidation sites excluding steroid dienone is 2. The van der Waals surface area contributed by atoms with Crippen molar-refractivity contribution in [3.63, 3.8) is 0 Å². The molecular weight excluding hydrogens is 609 g/mol. The molecular formula is C46H36N4. The second-order valence-corrected chi connectivity index (χ2v) is 14.2. The fourth-order valence-electron chi connectivity index (χ4n) is 9.42. The third kappa shape index (κ3) is 3.85. The number of fused-ring (bicyclic) bond motifs is 13. The van der Waals surface area contributed by atoms with Crippen LogP contribution in [0.25, 0.3) is 65.9 Å². The molecule has 2 aliphatic heterocycles. The highest BCUT2D eigenvalue weighted by molar-refractivity contribution is 6.03. The van der Waals surface area contributed by atoms with Crippen LogP contribution in [0.15, 0.2) is 134 Å². The molecule has 8 aromatic rings. The predicted octanol–water partition coefficient (Wildman–Crippen LogP) is 11.3. The SMILES string of the molecule is Cc1c2cc3ccccc3c1C1CCC=CN1Cn1c3c(c4ccccc41)CCC=C3c1nc3c-2cccc3n1-c1cccc2ccccc12. The van der Waals surface area contributed by atoms with E-state index in [-0.39, 0.29) is 6.04 Å². The highest BCUT2D eigenvalue weighted by Gasteiger charge is 2.32. The van der Waals surface area contributed by atoms with Crippen LogP contribution >= 0.6 is 0 Å². The van der Waals surface area contributed by atoms with Gasteiger partial charge in [0.05, 0.1) is 40.6 Å². The fourth-order valence-corrected chi connectivity index (χ4v) is 9.42. The predicted molar refractivity (Wildman–Crippen MR) is 207 cm³/mol. The lowest BCUT2D eigenvalue weighted by molar-refractivity contribution is 0.207. The van der Waals surface area contributed by atoms with Gasteiger partial charge in [-0.1, -0.05) is 103 Å². The summed E-state index contributed by atoms with van der Waals surface area (Å²) >= 11 is 0. The molecule has 1 aliphatic carbocycles. The first-order chi connectivity index (χ1) is 24.7. The van der Waals surface area contributed by atoms with Gasteiger partial charge in [0, 0.05) is 21.9 Å². The average Bonchev–Trinajstić information content (AvgIpc) is 3.71. The highest BCUT2D eigenvalue weighted by atomic mass is 15.3. The number of nitrogens with zero attached hydrogens (tertiary/aromatic N) is 4. The Labute approximate surface area is 291 Å². The molecule has 4 bridgehead atoms. The maximum atomic E-state index is 5.76. The molecule has 4 heterocycles. The minimum atomic E-state index is 0.251. The van der Waals surface area contributed by atoms with Crippen LogP contribution in [0, 0.1) is 6.92 Å². The van der Waals surface area contributed by atoms with Gasteiger partial charge in [-0.05, 0) is 101 Å². The van der Waals surface area contributed by atoms with Crippen molar-refractivity contribution in [3.05, 3.63) is 162 Å². The van der Waals surface area contributed by atoms with Crippen LogP contribution in [0.5, 0.6) is 0 Å².